The molecule has 1 saturated heterocycles. The smallest absolute Gasteiger partial charge is 0.262 e. The van der Waals surface area contributed by atoms with Crippen molar-refractivity contribution in [2.45, 2.75) is 39.3 Å². The summed E-state index contributed by atoms with van der Waals surface area (Å²) in [5.41, 5.74) is 1.70. The highest BCUT2D eigenvalue weighted by molar-refractivity contribution is 7.18. The molecule has 30 heavy (non-hydrogen) atoms. The monoisotopic (exact) mass is 427 g/mol. The van der Waals surface area contributed by atoms with Gasteiger partial charge in [0, 0.05) is 17.0 Å². The van der Waals surface area contributed by atoms with E-state index in [1.165, 1.54) is 22.2 Å². The Hall–Kier alpha value is -2.87. The maximum Gasteiger partial charge on any atom is 0.262 e. The van der Waals surface area contributed by atoms with Gasteiger partial charge in [-0.05, 0) is 50.5 Å². The molecule has 0 radical (unpaired) electrons. The van der Waals surface area contributed by atoms with Crippen LogP contribution in [0.4, 0.5) is 0 Å². The number of ether oxygens (including phenoxy) is 2. The van der Waals surface area contributed by atoms with Crippen LogP contribution in [0.2, 0.25) is 0 Å². The number of aromatic nitrogens is 2. The molecule has 2 aromatic heterocycles. The van der Waals surface area contributed by atoms with Crippen LogP contribution in [0.1, 0.15) is 34.9 Å². The Morgan fingerprint density at radius 2 is 2.07 bits per heavy atom. The lowest BCUT2D eigenvalue weighted by molar-refractivity contribution is -0.132. The van der Waals surface area contributed by atoms with Crippen molar-refractivity contribution in [3.05, 3.63) is 50.9 Å². The normalized spacial score (nSPS) is 16.3. The highest BCUT2D eigenvalue weighted by atomic mass is 32.1. The lowest BCUT2D eigenvalue weighted by atomic mass is 10.0. The molecule has 0 spiro atoms. The van der Waals surface area contributed by atoms with Gasteiger partial charge >= 0.3 is 0 Å². The number of carbonyl (C=O) groups is 1. The second kappa shape index (κ2) is 8.10. The molecule has 1 aliphatic rings. The van der Waals surface area contributed by atoms with Crippen LogP contribution in [0.5, 0.6) is 11.5 Å². The summed E-state index contributed by atoms with van der Waals surface area (Å²) in [6.07, 6.45) is 3.21. The Kier molecular flexibility index (Phi) is 5.51. The van der Waals surface area contributed by atoms with Gasteiger partial charge in [-0.2, -0.15) is 0 Å². The number of hydrogen-bond acceptors (Lipinski definition) is 6. The molecule has 7 nitrogen and oxygen atoms in total. The Labute approximate surface area is 178 Å². The zero-order valence-corrected chi connectivity index (χ0v) is 18.4. The van der Waals surface area contributed by atoms with Crippen LogP contribution < -0.4 is 15.0 Å². The molecule has 3 aromatic rings. The van der Waals surface area contributed by atoms with Gasteiger partial charge in [-0.1, -0.05) is 0 Å². The van der Waals surface area contributed by atoms with Gasteiger partial charge in [-0.25, -0.2) is 4.98 Å². The summed E-state index contributed by atoms with van der Waals surface area (Å²) in [5.74, 6) is 1.35. The van der Waals surface area contributed by atoms with Crippen LogP contribution in [0, 0.1) is 13.8 Å². The summed E-state index contributed by atoms with van der Waals surface area (Å²) >= 11 is 1.51. The van der Waals surface area contributed by atoms with E-state index in [2.05, 4.69) is 4.98 Å². The first-order valence-electron chi connectivity index (χ1n) is 9.91. The van der Waals surface area contributed by atoms with Crippen molar-refractivity contribution in [2.24, 2.45) is 0 Å². The topological polar surface area (TPSA) is 73.7 Å². The molecule has 1 aliphatic heterocycles. The molecule has 8 heteroatoms. The predicted molar refractivity (Wildman–Crippen MR) is 117 cm³/mol. The van der Waals surface area contributed by atoms with E-state index < -0.39 is 0 Å². The fourth-order valence-corrected chi connectivity index (χ4v) is 5.10. The fraction of sp³-hybridized carbons (Fsp3) is 0.409. The Balaban J connectivity index is 1.64. The minimum absolute atomic E-state index is 0.0289. The Morgan fingerprint density at radius 1 is 1.27 bits per heavy atom. The molecular formula is C22H25N3O4S. The van der Waals surface area contributed by atoms with Crippen LogP contribution in [-0.4, -0.2) is 41.1 Å². The van der Waals surface area contributed by atoms with E-state index in [0.717, 1.165) is 45.2 Å². The number of amides is 1. The first kappa shape index (κ1) is 20.4. The van der Waals surface area contributed by atoms with Gasteiger partial charge in [0.15, 0.2) is 0 Å². The number of rotatable bonds is 5. The average molecular weight is 428 g/mol. The first-order chi connectivity index (χ1) is 14.4. The van der Waals surface area contributed by atoms with Gasteiger partial charge < -0.3 is 14.4 Å². The number of methoxy groups -OCH3 is 2. The van der Waals surface area contributed by atoms with Crippen LogP contribution in [0.3, 0.4) is 0 Å². The summed E-state index contributed by atoms with van der Waals surface area (Å²) in [6.45, 7) is 4.52. The molecule has 0 bridgehead atoms. The SMILES string of the molecule is COc1ccc(OC)c(C2CCCN2C(=O)Cn2cnc3sc(C)c(C)c3c2=O)c1. The van der Waals surface area contributed by atoms with Crippen molar-refractivity contribution in [2.75, 3.05) is 20.8 Å². The van der Waals surface area contributed by atoms with Crippen molar-refractivity contribution in [1.29, 1.82) is 0 Å². The van der Waals surface area contributed by atoms with E-state index in [1.54, 1.807) is 14.2 Å². The lowest BCUT2D eigenvalue weighted by Gasteiger charge is -2.27. The third-order valence-electron chi connectivity index (χ3n) is 5.83. The quantitative estimate of drug-likeness (QED) is 0.624. The van der Waals surface area contributed by atoms with E-state index >= 15 is 0 Å². The summed E-state index contributed by atoms with van der Waals surface area (Å²) in [5, 5.41) is 0.611. The average Bonchev–Trinajstić information content (AvgIpc) is 3.35. The van der Waals surface area contributed by atoms with E-state index in [-0.39, 0.29) is 24.1 Å². The van der Waals surface area contributed by atoms with Gasteiger partial charge in [-0.15, -0.1) is 11.3 Å². The summed E-state index contributed by atoms with van der Waals surface area (Å²) in [6, 6.07) is 5.51. The van der Waals surface area contributed by atoms with E-state index in [1.807, 2.05) is 36.9 Å². The molecule has 0 saturated carbocycles. The van der Waals surface area contributed by atoms with Gasteiger partial charge in [0.05, 0.1) is 32.0 Å². The number of hydrogen-bond donors (Lipinski definition) is 0. The highest BCUT2D eigenvalue weighted by Gasteiger charge is 2.32. The zero-order valence-electron chi connectivity index (χ0n) is 17.6. The predicted octanol–water partition coefficient (Wildman–Crippen LogP) is 3.46. The molecule has 1 atom stereocenters. The van der Waals surface area contributed by atoms with Crippen LogP contribution in [0.15, 0.2) is 29.3 Å². The summed E-state index contributed by atoms with van der Waals surface area (Å²) in [4.78, 5) is 34.2. The summed E-state index contributed by atoms with van der Waals surface area (Å²) < 4.78 is 12.3. The molecule has 3 heterocycles. The Morgan fingerprint density at radius 3 is 2.80 bits per heavy atom. The van der Waals surface area contributed by atoms with E-state index in [4.69, 9.17) is 9.47 Å². The van der Waals surface area contributed by atoms with Crippen molar-refractivity contribution >= 4 is 27.5 Å². The minimum atomic E-state index is -0.162. The summed E-state index contributed by atoms with van der Waals surface area (Å²) in [7, 11) is 3.24. The van der Waals surface area contributed by atoms with E-state index in [0.29, 0.717) is 11.9 Å². The van der Waals surface area contributed by atoms with Crippen LogP contribution in [0.25, 0.3) is 10.2 Å². The molecule has 1 unspecified atom stereocenters. The van der Waals surface area contributed by atoms with Gasteiger partial charge in [0.2, 0.25) is 5.91 Å². The lowest BCUT2D eigenvalue weighted by Crippen LogP contribution is -2.36. The number of fused-ring (bicyclic) bond motifs is 1. The Bertz CT molecular complexity index is 1170. The van der Waals surface area contributed by atoms with Gasteiger partial charge in [0.1, 0.15) is 22.9 Å². The van der Waals surface area contributed by atoms with Gasteiger partial charge in [0.25, 0.3) is 5.56 Å². The van der Waals surface area contributed by atoms with Crippen molar-refractivity contribution < 1.29 is 14.3 Å². The molecular weight excluding hydrogens is 402 g/mol. The van der Waals surface area contributed by atoms with Crippen LogP contribution >= 0.6 is 11.3 Å². The molecule has 1 amide bonds. The molecule has 0 N–H and O–H groups in total. The maximum atomic E-state index is 13.2. The van der Waals surface area contributed by atoms with Crippen molar-refractivity contribution in [3.63, 3.8) is 0 Å². The first-order valence-corrected chi connectivity index (χ1v) is 10.7. The molecule has 1 aromatic carbocycles. The third-order valence-corrected chi connectivity index (χ3v) is 6.95. The number of nitrogens with zero attached hydrogens (tertiary/aromatic N) is 3. The maximum absolute atomic E-state index is 13.2. The largest absolute Gasteiger partial charge is 0.497 e. The second-order valence-corrected chi connectivity index (χ2v) is 8.70. The van der Waals surface area contributed by atoms with Crippen LogP contribution in [-0.2, 0) is 11.3 Å². The minimum Gasteiger partial charge on any atom is -0.497 e. The van der Waals surface area contributed by atoms with Gasteiger partial charge in [-0.3, -0.25) is 14.2 Å². The number of benzene rings is 1. The number of thiophene rings is 1. The molecule has 0 aliphatic carbocycles. The zero-order chi connectivity index (χ0) is 21.4. The molecule has 158 valence electrons. The number of likely N-dealkylation sites (tertiary alicyclic amines) is 1. The third kappa shape index (κ3) is 3.45. The highest BCUT2D eigenvalue weighted by Crippen LogP contribution is 2.39. The fourth-order valence-electron chi connectivity index (χ4n) is 4.11. The van der Waals surface area contributed by atoms with Crippen molar-refractivity contribution in [3.8, 4) is 11.5 Å². The number of aryl methyl sites for hydroxylation is 2. The van der Waals surface area contributed by atoms with E-state index in [9.17, 15) is 9.59 Å². The molecule has 4 rings (SSSR count). The molecule has 1 fully saturated rings. The standard InChI is InChI=1S/C22H25N3O4S/c1-13-14(2)30-21-20(13)22(27)24(12-23-21)11-19(26)25-9-5-6-17(25)16-10-15(28-3)7-8-18(16)29-4/h7-8,10,12,17H,5-6,9,11H2,1-4H3. The van der Waals surface area contributed by atoms with Crippen molar-refractivity contribution in [1.82, 2.24) is 14.5 Å². The number of carbonyl (C=O) groups excluding carboxylic acids is 1. The second-order valence-electron chi connectivity index (χ2n) is 7.49.